The third kappa shape index (κ3) is 3.01. The van der Waals surface area contributed by atoms with Crippen LogP contribution in [0.4, 0.5) is 5.69 Å². The van der Waals surface area contributed by atoms with Crippen molar-refractivity contribution in [1.82, 2.24) is 0 Å². The molecule has 5 heteroatoms. The highest BCUT2D eigenvalue weighted by Crippen LogP contribution is 2.43. The second kappa shape index (κ2) is 6.54. The van der Waals surface area contributed by atoms with Gasteiger partial charge in [0, 0.05) is 29.0 Å². The molecule has 0 unspecified atom stereocenters. The Labute approximate surface area is 140 Å². The molecule has 0 saturated heterocycles. The Hall–Kier alpha value is -2.14. The lowest BCUT2D eigenvalue weighted by molar-refractivity contribution is -0.116. The molecule has 0 saturated carbocycles. The molecule has 120 valence electrons. The van der Waals surface area contributed by atoms with Crippen LogP contribution < -0.4 is 14.8 Å². The second-order valence-electron chi connectivity index (χ2n) is 5.37. The number of nitrogens with one attached hydrogen (secondary N) is 1. The maximum atomic E-state index is 12.1. The summed E-state index contributed by atoms with van der Waals surface area (Å²) in [5, 5.41) is 2.93. The van der Waals surface area contributed by atoms with Gasteiger partial charge in [0.05, 0.1) is 14.2 Å². The SMILES string of the molecule is COc1cc2c(cc1OC)[C@@H](c1ccc(SC)cc1)CC(=O)N2. The van der Waals surface area contributed by atoms with Gasteiger partial charge in [-0.25, -0.2) is 0 Å². The molecule has 0 fully saturated rings. The van der Waals surface area contributed by atoms with Crippen molar-refractivity contribution in [2.75, 3.05) is 25.8 Å². The average molecular weight is 329 g/mol. The molecule has 2 aromatic rings. The predicted octanol–water partition coefficient (Wildman–Crippen LogP) is 3.90. The third-order valence-corrected chi connectivity index (χ3v) is 4.86. The van der Waals surface area contributed by atoms with Gasteiger partial charge in [0.15, 0.2) is 11.5 Å². The summed E-state index contributed by atoms with van der Waals surface area (Å²) < 4.78 is 10.7. The number of benzene rings is 2. The molecule has 23 heavy (non-hydrogen) atoms. The molecular weight excluding hydrogens is 310 g/mol. The Kier molecular flexibility index (Phi) is 4.48. The number of anilines is 1. The van der Waals surface area contributed by atoms with Gasteiger partial charge in [0.25, 0.3) is 0 Å². The highest BCUT2D eigenvalue weighted by Gasteiger charge is 2.28. The number of carbonyl (C=O) groups excluding carboxylic acids is 1. The number of ether oxygens (including phenoxy) is 2. The van der Waals surface area contributed by atoms with Gasteiger partial charge in [-0.3, -0.25) is 4.79 Å². The van der Waals surface area contributed by atoms with E-state index in [1.54, 1.807) is 26.0 Å². The Morgan fingerprint density at radius 2 is 1.74 bits per heavy atom. The molecule has 1 heterocycles. The van der Waals surface area contributed by atoms with Crippen LogP contribution in [0.2, 0.25) is 0 Å². The average Bonchev–Trinajstić information content (AvgIpc) is 2.59. The number of hydrogen-bond donors (Lipinski definition) is 1. The summed E-state index contributed by atoms with van der Waals surface area (Å²) in [6.45, 7) is 0. The Bertz CT molecular complexity index is 728. The first-order valence-corrected chi connectivity index (χ1v) is 8.58. The summed E-state index contributed by atoms with van der Waals surface area (Å²) in [5.74, 6) is 1.33. The molecule has 4 nitrogen and oxygen atoms in total. The van der Waals surface area contributed by atoms with Crippen molar-refractivity contribution < 1.29 is 14.3 Å². The molecule has 1 aliphatic heterocycles. The van der Waals surface area contributed by atoms with Gasteiger partial charge < -0.3 is 14.8 Å². The molecule has 3 rings (SSSR count). The number of fused-ring (bicyclic) bond motifs is 1. The normalized spacial score (nSPS) is 16.5. The van der Waals surface area contributed by atoms with Crippen LogP contribution in [0.3, 0.4) is 0 Å². The first kappa shape index (κ1) is 15.7. The van der Waals surface area contributed by atoms with Gasteiger partial charge in [0.1, 0.15) is 0 Å². The lowest BCUT2D eigenvalue weighted by Gasteiger charge is -2.27. The Balaban J connectivity index is 2.07. The van der Waals surface area contributed by atoms with Crippen LogP contribution in [0.1, 0.15) is 23.5 Å². The molecule has 0 aliphatic carbocycles. The lowest BCUT2D eigenvalue weighted by atomic mass is 9.84. The Morgan fingerprint density at radius 3 is 2.35 bits per heavy atom. The topological polar surface area (TPSA) is 47.6 Å². The first-order valence-electron chi connectivity index (χ1n) is 7.36. The molecule has 1 amide bonds. The quantitative estimate of drug-likeness (QED) is 0.864. The van der Waals surface area contributed by atoms with E-state index in [2.05, 4.69) is 35.8 Å². The van der Waals surface area contributed by atoms with Crippen molar-refractivity contribution >= 4 is 23.4 Å². The molecule has 1 aliphatic rings. The smallest absolute Gasteiger partial charge is 0.225 e. The lowest BCUT2D eigenvalue weighted by Crippen LogP contribution is -2.23. The van der Waals surface area contributed by atoms with E-state index in [9.17, 15) is 4.79 Å². The standard InChI is InChI=1S/C18H19NO3S/c1-21-16-8-14-13(11-4-6-12(23-3)7-5-11)9-18(20)19-15(14)10-17(16)22-2/h4-8,10,13H,9H2,1-3H3,(H,19,20)/t13-/m1/s1. The van der Waals surface area contributed by atoms with Crippen molar-refractivity contribution in [2.24, 2.45) is 0 Å². The zero-order valence-corrected chi connectivity index (χ0v) is 14.2. The van der Waals surface area contributed by atoms with Crippen LogP contribution in [0, 0.1) is 0 Å². The monoisotopic (exact) mass is 329 g/mol. The minimum atomic E-state index is 0.0173. The summed E-state index contributed by atoms with van der Waals surface area (Å²) in [5.41, 5.74) is 2.98. The molecule has 1 atom stereocenters. The summed E-state index contributed by atoms with van der Waals surface area (Å²) in [4.78, 5) is 13.3. The number of hydrogen-bond acceptors (Lipinski definition) is 4. The molecule has 0 radical (unpaired) electrons. The second-order valence-corrected chi connectivity index (χ2v) is 6.25. The van der Waals surface area contributed by atoms with E-state index < -0.39 is 0 Å². The summed E-state index contributed by atoms with van der Waals surface area (Å²) in [6.07, 6.45) is 2.48. The first-order chi connectivity index (χ1) is 11.2. The third-order valence-electron chi connectivity index (χ3n) is 4.11. The van der Waals surface area contributed by atoms with Gasteiger partial charge >= 0.3 is 0 Å². The van der Waals surface area contributed by atoms with E-state index in [1.165, 1.54) is 4.90 Å². The van der Waals surface area contributed by atoms with Gasteiger partial charge in [-0.2, -0.15) is 0 Å². The number of carbonyl (C=O) groups is 1. The largest absolute Gasteiger partial charge is 0.493 e. The highest BCUT2D eigenvalue weighted by atomic mass is 32.2. The fraction of sp³-hybridized carbons (Fsp3) is 0.278. The Morgan fingerprint density at radius 1 is 1.09 bits per heavy atom. The molecule has 2 aromatic carbocycles. The highest BCUT2D eigenvalue weighted by molar-refractivity contribution is 7.98. The van der Waals surface area contributed by atoms with Gasteiger partial charge in [-0.15, -0.1) is 11.8 Å². The minimum absolute atomic E-state index is 0.0173. The van der Waals surface area contributed by atoms with Crippen LogP contribution >= 0.6 is 11.8 Å². The van der Waals surface area contributed by atoms with Crippen LogP contribution in [-0.2, 0) is 4.79 Å². The van der Waals surface area contributed by atoms with Crippen LogP contribution in [0.5, 0.6) is 11.5 Å². The van der Waals surface area contributed by atoms with Crippen LogP contribution in [0.15, 0.2) is 41.3 Å². The van der Waals surface area contributed by atoms with Crippen molar-refractivity contribution in [1.29, 1.82) is 0 Å². The van der Waals surface area contributed by atoms with E-state index in [1.807, 2.05) is 12.1 Å². The zero-order chi connectivity index (χ0) is 16.4. The fourth-order valence-electron chi connectivity index (χ4n) is 2.92. The molecule has 0 bridgehead atoms. The van der Waals surface area contributed by atoms with E-state index in [-0.39, 0.29) is 11.8 Å². The minimum Gasteiger partial charge on any atom is -0.493 e. The van der Waals surface area contributed by atoms with Crippen LogP contribution in [-0.4, -0.2) is 26.4 Å². The number of methoxy groups -OCH3 is 2. The maximum Gasteiger partial charge on any atom is 0.225 e. The van der Waals surface area contributed by atoms with E-state index in [0.29, 0.717) is 17.9 Å². The van der Waals surface area contributed by atoms with Gasteiger partial charge in [-0.1, -0.05) is 12.1 Å². The predicted molar refractivity (Wildman–Crippen MR) is 92.9 cm³/mol. The van der Waals surface area contributed by atoms with Crippen molar-refractivity contribution in [3.05, 3.63) is 47.5 Å². The van der Waals surface area contributed by atoms with Gasteiger partial charge in [0.2, 0.25) is 5.91 Å². The van der Waals surface area contributed by atoms with Crippen molar-refractivity contribution in [3.8, 4) is 11.5 Å². The number of rotatable bonds is 4. The number of amides is 1. The van der Waals surface area contributed by atoms with E-state index in [4.69, 9.17) is 9.47 Å². The van der Waals surface area contributed by atoms with E-state index >= 15 is 0 Å². The zero-order valence-electron chi connectivity index (χ0n) is 13.4. The van der Waals surface area contributed by atoms with Crippen molar-refractivity contribution in [3.63, 3.8) is 0 Å². The van der Waals surface area contributed by atoms with Crippen molar-refractivity contribution in [2.45, 2.75) is 17.2 Å². The molecule has 0 spiro atoms. The fourth-order valence-corrected chi connectivity index (χ4v) is 3.33. The number of thioether (sulfide) groups is 1. The summed E-state index contributed by atoms with van der Waals surface area (Å²) >= 11 is 1.71. The summed E-state index contributed by atoms with van der Waals surface area (Å²) in [7, 11) is 3.21. The van der Waals surface area contributed by atoms with Gasteiger partial charge in [-0.05, 0) is 35.6 Å². The molecule has 0 aromatic heterocycles. The molecular formula is C18H19NO3S. The van der Waals surface area contributed by atoms with Crippen LogP contribution in [0.25, 0.3) is 0 Å². The summed E-state index contributed by atoms with van der Waals surface area (Å²) in [6, 6.07) is 12.2. The maximum absolute atomic E-state index is 12.1. The molecule has 1 N–H and O–H groups in total. The van der Waals surface area contributed by atoms with E-state index in [0.717, 1.165) is 16.8 Å².